The average molecular weight is 476 g/mol. The van der Waals surface area contributed by atoms with Crippen molar-refractivity contribution in [3.63, 3.8) is 0 Å². The highest BCUT2D eigenvalue weighted by molar-refractivity contribution is 6.30. The van der Waals surface area contributed by atoms with Gasteiger partial charge in [0, 0.05) is 17.1 Å². The summed E-state index contributed by atoms with van der Waals surface area (Å²) in [5.41, 5.74) is 0.130. The van der Waals surface area contributed by atoms with Gasteiger partial charge in [0.05, 0.1) is 5.02 Å². The normalized spacial score (nSPS) is 22.2. The quantitative estimate of drug-likeness (QED) is 0.517. The molecule has 3 fully saturated rings. The highest BCUT2D eigenvalue weighted by Gasteiger charge is 2.69. The summed E-state index contributed by atoms with van der Waals surface area (Å²) in [6.45, 7) is -0.325. The van der Waals surface area contributed by atoms with Crippen LogP contribution in [0.3, 0.4) is 0 Å². The maximum atomic E-state index is 13.4. The van der Waals surface area contributed by atoms with Crippen LogP contribution in [0, 0.1) is 5.82 Å². The van der Waals surface area contributed by atoms with E-state index in [9.17, 15) is 18.8 Å². The van der Waals surface area contributed by atoms with Crippen LogP contribution in [0.1, 0.15) is 24.8 Å². The molecule has 3 aliphatic rings. The summed E-state index contributed by atoms with van der Waals surface area (Å²) in [7, 11) is 0. The summed E-state index contributed by atoms with van der Waals surface area (Å²) in [5, 5.41) is 8.23. The molecule has 3 saturated carbocycles. The van der Waals surface area contributed by atoms with Crippen LogP contribution in [-0.4, -0.2) is 42.1 Å². The van der Waals surface area contributed by atoms with Crippen molar-refractivity contribution in [1.29, 1.82) is 0 Å². The fraction of sp³-hybridized carbons (Fsp3) is 0.348. The third kappa shape index (κ3) is 5.54. The Hall–Kier alpha value is -3.33. The highest BCUT2D eigenvalue weighted by Crippen LogP contribution is 2.60. The van der Waals surface area contributed by atoms with Crippen molar-refractivity contribution in [3.05, 3.63) is 64.9 Å². The molecule has 0 aromatic heterocycles. The van der Waals surface area contributed by atoms with E-state index in [4.69, 9.17) is 21.1 Å². The van der Waals surface area contributed by atoms with Crippen LogP contribution < -0.4 is 20.7 Å². The summed E-state index contributed by atoms with van der Waals surface area (Å²) in [5.74, 6) is -1.05. The molecule has 0 radical (unpaired) electrons. The molecular weight excluding hydrogens is 453 g/mol. The van der Waals surface area contributed by atoms with E-state index in [0.717, 1.165) is 11.6 Å². The minimum absolute atomic E-state index is 0.0210. The molecule has 3 N–H and O–H groups in total. The van der Waals surface area contributed by atoms with Crippen molar-refractivity contribution < 1.29 is 28.2 Å². The van der Waals surface area contributed by atoms with Gasteiger partial charge in [0.1, 0.15) is 24.7 Å². The van der Waals surface area contributed by atoms with E-state index in [1.54, 1.807) is 0 Å². The second-order valence-corrected chi connectivity index (χ2v) is 8.87. The molecule has 8 nitrogen and oxygen atoms in total. The Labute approximate surface area is 194 Å². The monoisotopic (exact) mass is 475 g/mol. The number of rotatable bonds is 9. The molecule has 0 spiro atoms. The standard InChI is InChI=1S/C23H23ClFN3O5/c24-17-7-6-16(8-18(17)25)32-11-20(30)28-23-12-22(13-23,14-23)27-19(29)9-26-21(31)33-10-15-4-2-1-3-5-15/h1-8H,9-14H2,(H,26,31)(H,27,29)(H,28,30). The molecule has 3 amide bonds. The molecule has 0 heterocycles. The molecule has 5 rings (SSSR count). The summed E-state index contributed by atoms with van der Waals surface area (Å²) < 4.78 is 23.8. The summed E-state index contributed by atoms with van der Waals surface area (Å²) >= 11 is 5.62. The lowest BCUT2D eigenvalue weighted by atomic mass is 9.44. The maximum Gasteiger partial charge on any atom is 0.407 e. The summed E-state index contributed by atoms with van der Waals surface area (Å²) in [6, 6.07) is 13.2. The smallest absolute Gasteiger partial charge is 0.407 e. The van der Waals surface area contributed by atoms with Crippen LogP contribution in [0.25, 0.3) is 0 Å². The van der Waals surface area contributed by atoms with Gasteiger partial charge in [0.15, 0.2) is 6.61 Å². The van der Waals surface area contributed by atoms with Gasteiger partial charge in [0.25, 0.3) is 5.91 Å². The van der Waals surface area contributed by atoms with E-state index < -0.39 is 11.9 Å². The number of alkyl carbamates (subject to hydrolysis) is 1. The minimum atomic E-state index is -0.670. The number of hydrogen-bond acceptors (Lipinski definition) is 5. The zero-order valence-corrected chi connectivity index (χ0v) is 18.4. The van der Waals surface area contributed by atoms with Crippen molar-refractivity contribution in [3.8, 4) is 5.75 Å². The van der Waals surface area contributed by atoms with E-state index in [2.05, 4.69) is 16.0 Å². The molecule has 0 unspecified atom stereocenters. The van der Waals surface area contributed by atoms with Gasteiger partial charge in [-0.1, -0.05) is 41.9 Å². The van der Waals surface area contributed by atoms with Crippen molar-refractivity contribution in [2.24, 2.45) is 0 Å². The minimum Gasteiger partial charge on any atom is -0.484 e. The Morgan fingerprint density at radius 3 is 2.30 bits per heavy atom. The molecule has 2 bridgehead atoms. The predicted octanol–water partition coefficient (Wildman–Crippen LogP) is 2.69. The predicted molar refractivity (Wildman–Crippen MR) is 117 cm³/mol. The highest BCUT2D eigenvalue weighted by atomic mass is 35.5. The molecule has 0 saturated heterocycles. The molecular formula is C23H23ClFN3O5. The van der Waals surface area contributed by atoms with Crippen molar-refractivity contribution in [2.45, 2.75) is 36.9 Å². The average Bonchev–Trinajstić information content (AvgIpc) is 2.75. The lowest BCUT2D eigenvalue weighted by Crippen LogP contribution is -2.84. The van der Waals surface area contributed by atoms with E-state index >= 15 is 0 Å². The van der Waals surface area contributed by atoms with Crippen molar-refractivity contribution in [1.82, 2.24) is 16.0 Å². The SMILES string of the molecule is O=C(CNC(=O)OCc1ccccc1)NC12CC(NC(=O)COc3ccc(Cl)c(F)c3)(C1)C2. The van der Waals surface area contributed by atoms with Gasteiger partial charge in [-0.05, 0) is 37.0 Å². The number of ether oxygens (including phenoxy) is 2. The van der Waals surface area contributed by atoms with Crippen molar-refractivity contribution >= 4 is 29.5 Å². The molecule has 2 aromatic carbocycles. The maximum absolute atomic E-state index is 13.4. The topological polar surface area (TPSA) is 106 Å². The van der Waals surface area contributed by atoms with Crippen LogP contribution in [0.2, 0.25) is 5.02 Å². The van der Waals surface area contributed by atoms with Crippen LogP contribution in [0.15, 0.2) is 48.5 Å². The van der Waals surface area contributed by atoms with Crippen LogP contribution >= 0.6 is 11.6 Å². The zero-order valence-electron chi connectivity index (χ0n) is 17.7. The summed E-state index contributed by atoms with van der Waals surface area (Å²) in [6.07, 6.45) is 1.14. The third-order valence-corrected chi connectivity index (χ3v) is 6.01. The van der Waals surface area contributed by atoms with Gasteiger partial charge in [-0.3, -0.25) is 9.59 Å². The third-order valence-electron chi connectivity index (χ3n) is 5.71. The number of amides is 3. The lowest BCUT2D eigenvalue weighted by Gasteiger charge is -2.70. The van der Waals surface area contributed by atoms with Gasteiger partial charge in [-0.25, -0.2) is 9.18 Å². The number of benzene rings is 2. The lowest BCUT2D eigenvalue weighted by molar-refractivity contribution is -0.150. The molecule has 2 aromatic rings. The molecule has 0 atom stereocenters. The van der Waals surface area contributed by atoms with E-state index in [1.165, 1.54) is 12.1 Å². The number of carbonyl (C=O) groups excluding carboxylic acids is 3. The first-order valence-corrected chi connectivity index (χ1v) is 10.8. The first-order chi connectivity index (χ1) is 15.8. The van der Waals surface area contributed by atoms with Gasteiger partial charge in [0.2, 0.25) is 5.91 Å². The molecule has 10 heteroatoms. The number of nitrogens with one attached hydrogen (secondary N) is 3. The van der Waals surface area contributed by atoms with E-state index in [0.29, 0.717) is 19.3 Å². The van der Waals surface area contributed by atoms with Crippen LogP contribution in [0.4, 0.5) is 9.18 Å². The van der Waals surface area contributed by atoms with Crippen LogP contribution in [-0.2, 0) is 20.9 Å². The second-order valence-electron chi connectivity index (χ2n) is 8.47. The Balaban J connectivity index is 1.11. The van der Waals surface area contributed by atoms with Gasteiger partial charge in [-0.2, -0.15) is 0 Å². The number of carbonyl (C=O) groups is 3. The Kier molecular flexibility index (Phi) is 6.42. The summed E-state index contributed by atoms with van der Waals surface area (Å²) in [4.78, 5) is 36.1. The largest absolute Gasteiger partial charge is 0.484 e. The first-order valence-electron chi connectivity index (χ1n) is 10.4. The van der Waals surface area contributed by atoms with Gasteiger partial charge in [-0.15, -0.1) is 0 Å². The van der Waals surface area contributed by atoms with Gasteiger partial charge >= 0.3 is 6.09 Å². The molecule has 33 heavy (non-hydrogen) atoms. The second kappa shape index (κ2) is 9.27. The number of hydrogen-bond donors (Lipinski definition) is 3. The van der Waals surface area contributed by atoms with Gasteiger partial charge < -0.3 is 25.4 Å². The zero-order chi connectivity index (χ0) is 23.5. The number of halogens is 2. The molecule has 3 aliphatic carbocycles. The molecule has 174 valence electrons. The Morgan fingerprint density at radius 1 is 0.970 bits per heavy atom. The van der Waals surface area contributed by atoms with Crippen LogP contribution in [0.5, 0.6) is 5.75 Å². The fourth-order valence-corrected chi connectivity index (χ4v) is 4.48. The Morgan fingerprint density at radius 2 is 1.64 bits per heavy atom. The van der Waals surface area contributed by atoms with E-state index in [1.807, 2.05) is 30.3 Å². The van der Waals surface area contributed by atoms with E-state index in [-0.39, 0.29) is 53.4 Å². The van der Waals surface area contributed by atoms with Crippen molar-refractivity contribution in [2.75, 3.05) is 13.2 Å². The Bertz CT molecular complexity index is 1050. The first kappa shape index (κ1) is 22.8. The molecule has 0 aliphatic heterocycles. The fourth-order valence-electron chi connectivity index (χ4n) is 4.37.